The zero-order valence-corrected chi connectivity index (χ0v) is 13.8. The van der Waals surface area contributed by atoms with Gasteiger partial charge in [0.1, 0.15) is 0 Å². The molecule has 0 saturated heterocycles. The lowest BCUT2D eigenvalue weighted by Gasteiger charge is -2.39. The van der Waals surface area contributed by atoms with Crippen molar-refractivity contribution in [2.24, 2.45) is 0 Å². The van der Waals surface area contributed by atoms with Crippen LogP contribution in [0.25, 0.3) is 5.70 Å². The molecule has 23 heavy (non-hydrogen) atoms. The van der Waals surface area contributed by atoms with Gasteiger partial charge >= 0.3 is 0 Å². The summed E-state index contributed by atoms with van der Waals surface area (Å²) in [5.74, 6) is 0. The van der Waals surface area contributed by atoms with Crippen LogP contribution >= 0.6 is 0 Å². The largest absolute Gasteiger partial charge is 0.367 e. The van der Waals surface area contributed by atoms with Crippen LogP contribution in [0.5, 0.6) is 0 Å². The Morgan fingerprint density at radius 2 is 1.91 bits per heavy atom. The molecule has 2 nitrogen and oxygen atoms in total. The van der Waals surface area contributed by atoms with Crippen molar-refractivity contribution in [3.8, 4) is 0 Å². The Kier molecular flexibility index (Phi) is 3.82. The first-order valence-electron chi connectivity index (χ1n) is 8.78. The van der Waals surface area contributed by atoms with Crippen molar-refractivity contribution in [2.45, 2.75) is 32.6 Å². The van der Waals surface area contributed by atoms with E-state index in [1.807, 2.05) is 0 Å². The van der Waals surface area contributed by atoms with Gasteiger partial charge in [0.25, 0.3) is 0 Å². The van der Waals surface area contributed by atoms with Gasteiger partial charge in [-0.2, -0.15) is 0 Å². The Morgan fingerprint density at radius 3 is 2.74 bits per heavy atom. The maximum Gasteiger partial charge on any atom is 0.0496 e. The molecular formula is C21H24N2. The monoisotopic (exact) mass is 304 g/mol. The van der Waals surface area contributed by atoms with E-state index in [2.05, 4.69) is 65.7 Å². The first kappa shape index (κ1) is 14.4. The number of hydrogen-bond acceptors (Lipinski definition) is 2. The van der Waals surface area contributed by atoms with E-state index in [0.717, 1.165) is 13.0 Å². The van der Waals surface area contributed by atoms with Gasteiger partial charge in [-0.05, 0) is 42.5 Å². The second-order valence-corrected chi connectivity index (χ2v) is 6.56. The summed E-state index contributed by atoms with van der Waals surface area (Å²) in [4.78, 5) is 2.59. The van der Waals surface area contributed by atoms with Crippen LogP contribution in [0.4, 0.5) is 11.4 Å². The van der Waals surface area contributed by atoms with Gasteiger partial charge in [-0.25, -0.2) is 0 Å². The Bertz CT molecular complexity index is 731. The first-order valence-corrected chi connectivity index (χ1v) is 8.78. The summed E-state index contributed by atoms with van der Waals surface area (Å²) in [5, 5.41) is 3.72. The molecule has 2 aromatic rings. The number of para-hydroxylation sites is 2. The molecular weight excluding hydrogens is 280 g/mol. The topological polar surface area (TPSA) is 15.3 Å². The molecule has 0 amide bonds. The van der Waals surface area contributed by atoms with Crippen LogP contribution in [0.3, 0.4) is 0 Å². The Morgan fingerprint density at radius 1 is 1.04 bits per heavy atom. The fourth-order valence-corrected chi connectivity index (χ4v) is 3.93. The minimum absolute atomic E-state index is 1.08. The van der Waals surface area contributed by atoms with Crippen molar-refractivity contribution in [3.05, 3.63) is 65.2 Å². The summed E-state index contributed by atoms with van der Waals surface area (Å²) in [7, 11) is 0. The van der Waals surface area contributed by atoms with Gasteiger partial charge in [0.05, 0.1) is 0 Å². The van der Waals surface area contributed by atoms with E-state index < -0.39 is 0 Å². The van der Waals surface area contributed by atoms with Gasteiger partial charge in [0, 0.05) is 35.7 Å². The molecule has 2 heterocycles. The van der Waals surface area contributed by atoms with Crippen molar-refractivity contribution in [1.82, 2.24) is 0 Å². The first-order chi connectivity index (χ1) is 11.4. The number of anilines is 2. The van der Waals surface area contributed by atoms with Crippen molar-refractivity contribution in [2.75, 3.05) is 23.3 Å². The van der Waals surface area contributed by atoms with E-state index in [1.165, 1.54) is 54.0 Å². The summed E-state index contributed by atoms with van der Waals surface area (Å²) in [6.45, 7) is 4.54. The second kappa shape index (κ2) is 6.11. The average Bonchev–Trinajstić information content (AvgIpc) is 2.59. The van der Waals surface area contributed by atoms with Crippen LogP contribution in [0.15, 0.2) is 54.1 Å². The van der Waals surface area contributed by atoms with Gasteiger partial charge in [-0.1, -0.05) is 49.7 Å². The minimum atomic E-state index is 1.08. The number of aryl methyl sites for hydroxylation is 1. The fourth-order valence-electron chi connectivity index (χ4n) is 3.93. The van der Waals surface area contributed by atoms with Gasteiger partial charge < -0.3 is 10.2 Å². The number of nitrogens with one attached hydrogen (secondary N) is 1. The molecule has 2 heteroatoms. The van der Waals surface area contributed by atoms with Crippen molar-refractivity contribution in [1.29, 1.82) is 0 Å². The van der Waals surface area contributed by atoms with Gasteiger partial charge in [-0.3, -0.25) is 0 Å². The third-order valence-electron chi connectivity index (χ3n) is 4.91. The standard InChI is InChI=1S/C21H24N2/c1-2-8-17-15-23-14-7-10-16-9-6-13-19(21(16)23)20(17)22-18-11-4-3-5-12-18/h3-6,9,11-13,22H,2,7-8,10,14-15H2,1H3. The number of nitrogens with zero attached hydrogens (tertiary/aromatic N) is 1. The summed E-state index contributed by atoms with van der Waals surface area (Å²) in [5.41, 5.74) is 8.43. The van der Waals surface area contributed by atoms with Crippen molar-refractivity contribution < 1.29 is 0 Å². The molecule has 0 aromatic heterocycles. The molecule has 2 aliphatic heterocycles. The van der Waals surface area contributed by atoms with Gasteiger partial charge in [-0.15, -0.1) is 0 Å². The fraction of sp³-hybridized carbons (Fsp3) is 0.333. The summed E-state index contributed by atoms with van der Waals surface area (Å²) in [6, 6.07) is 17.4. The highest BCUT2D eigenvalue weighted by Gasteiger charge is 2.28. The van der Waals surface area contributed by atoms with Gasteiger partial charge in [0.2, 0.25) is 0 Å². The van der Waals surface area contributed by atoms with Crippen LogP contribution in [-0.2, 0) is 6.42 Å². The number of benzene rings is 2. The van der Waals surface area contributed by atoms with E-state index in [4.69, 9.17) is 0 Å². The van der Waals surface area contributed by atoms with Crippen LogP contribution < -0.4 is 10.2 Å². The summed E-state index contributed by atoms with van der Waals surface area (Å²) >= 11 is 0. The molecule has 0 bridgehead atoms. The quantitative estimate of drug-likeness (QED) is 0.847. The maximum atomic E-state index is 3.72. The molecule has 0 unspecified atom stereocenters. The Labute approximate surface area is 138 Å². The SMILES string of the molecule is CCCC1=C(Nc2ccccc2)c2cccc3c2N(CCC3)C1. The smallest absolute Gasteiger partial charge is 0.0496 e. The molecule has 118 valence electrons. The van der Waals surface area contributed by atoms with Crippen LogP contribution in [0.2, 0.25) is 0 Å². The molecule has 2 aromatic carbocycles. The second-order valence-electron chi connectivity index (χ2n) is 6.56. The molecule has 0 atom stereocenters. The Hall–Kier alpha value is -2.22. The van der Waals surface area contributed by atoms with Crippen molar-refractivity contribution >= 4 is 17.1 Å². The zero-order valence-electron chi connectivity index (χ0n) is 13.8. The molecule has 1 N–H and O–H groups in total. The van der Waals surface area contributed by atoms with E-state index in [9.17, 15) is 0 Å². The summed E-state index contributed by atoms with van der Waals surface area (Å²) < 4.78 is 0. The zero-order chi connectivity index (χ0) is 15.6. The third kappa shape index (κ3) is 2.63. The molecule has 2 aliphatic rings. The highest BCUT2D eigenvalue weighted by atomic mass is 15.2. The predicted octanol–water partition coefficient (Wildman–Crippen LogP) is 5.08. The lowest BCUT2D eigenvalue weighted by Crippen LogP contribution is -2.35. The van der Waals surface area contributed by atoms with Gasteiger partial charge in [0.15, 0.2) is 0 Å². The number of hydrogen-bond donors (Lipinski definition) is 1. The van der Waals surface area contributed by atoms with Crippen LogP contribution in [0, 0.1) is 0 Å². The third-order valence-corrected chi connectivity index (χ3v) is 4.91. The van der Waals surface area contributed by atoms with E-state index in [0.29, 0.717) is 0 Å². The number of rotatable bonds is 4. The molecule has 0 fully saturated rings. The Balaban J connectivity index is 1.82. The normalized spacial score (nSPS) is 16.3. The van der Waals surface area contributed by atoms with E-state index in [-0.39, 0.29) is 0 Å². The molecule has 0 radical (unpaired) electrons. The van der Waals surface area contributed by atoms with Crippen LogP contribution in [0.1, 0.15) is 37.3 Å². The minimum Gasteiger partial charge on any atom is -0.367 e. The average molecular weight is 304 g/mol. The molecule has 0 aliphatic carbocycles. The molecule has 0 spiro atoms. The molecule has 4 rings (SSSR count). The van der Waals surface area contributed by atoms with E-state index in [1.54, 1.807) is 5.57 Å². The maximum absolute atomic E-state index is 3.72. The lowest BCUT2D eigenvalue weighted by molar-refractivity contribution is 0.694. The van der Waals surface area contributed by atoms with E-state index >= 15 is 0 Å². The molecule has 0 saturated carbocycles. The predicted molar refractivity (Wildman–Crippen MR) is 98.9 cm³/mol. The summed E-state index contributed by atoms with van der Waals surface area (Å²) in [6.07, 6.45) is 4.84. The van der Waals surface area contributed by atoms with Crippen LogP contribution in [-0.4, -0.2) is 13.1 Å². The highest BCUT2D eigenvalue weighted by molar-refractivity contribution is 5.89. The highest BCUT2D eigenvalue weighted by Crippen LogP contribution is 2.41. The lowest BCUT2D eigenvalue weighted by atomic mass is 9.89. The van der Waals surface area contributed by atoms with Crippen molar-refractivity contribution in [3.63, 3.8) is 0 Å².